The average Bonchev–Trinajstić information content (AvgIpc) is 2.30. The molecule has 5 nitrogen and oxygen atoms in total. The SMILES string of the molecule is COOSN(C(C)=O)c1ccc(C(C)=O)cc1C. The Bertz CT molecular complexity index is 461. The van der Waals surface area contributed by atoms with Gasteiger partial charge in [0.2, 0.25) is 5.91 Å². The van der Waals surface area contributed by atoms with Crippen LogP contribution in [-0.4, -0.2) is 18.8 Å². The van der Waals surface area contributed by atoms with Crippen LogP contribution in [0, 0.1) is 6.92 Å². The number of ketones is 1. The number of rotatable bonds is 5. The standard InChI is InChI=1S/C12H15NO4S/c1-8-7-11(9(2)14)5-6-12(8)13(10(3)15)18-17-16-4/h5-7H,1-4H3. The molecule has 0 aliphatic carbocycles. The zero-order valence-electron chi connectivity index (χ0n) is 10.7. The maximum atomic E-state index is 11.5. The second-order valence-electron chi connectivity index (χ2n) is 3.68. The van der Waals surface area contributed by atoms with Crippen molar-refractivity contribution in [1.82, 2.24) is 0 Å². The highest BCUT2D eigenvalue weighted by atomic mass is 32.2. The summed E-state index contributed by atoms with van der Waals surface area (Å²) in [5, 5.41) is 0. The fourth-order valence-corrected chi connectivity index (χ4v) is 1.94. The first-order valence-corrected chi connectivity index (χ1v) is 5.97. The van der Waals surface area contributed by atoms with E-state index < -0.39 is 0 Å². The number of aryl methyl sites for hydroxylation is 1. The van der Waals surface area contributed by atoms with Gasteiger partial charge in [-0.3, -0.25) is 9.59 Å². The van der Waals surface area contributed by atoms with Crippen molar-refractivity contribution in [2.24, 2.45) is 0 Å². The summed E-state index contributed by atoms with van der Waals surface area (Å²) in [6.07, 6.45) is 0. The van der Waals surface area contributed by atoms with E-state index in [0.717, 1.165) is 17.8 Å². The highest BCUT2D eigenvalue weighted by molar-refractivity contribution is 7.96. The summed E-state index contributed by atoms with van der Waals surface area (Å²) >= 11 is 0.788. The molecule has 0 radical (unpaired) electrons. The molecule has 0 bridgehead atoms. The molecule has 18 heavy (non-hydrogen) atoms. The third kappa shape index (κ3) is 3.56. The topological polar surface area (TPSA) is 55.8 Å². The summed E-state index contributed by atoms with van der Waals surface area (Å²) in [5.41, 5.74) is 2.08. The second kappa shape index (κ2) is 6.53. The van der Waals surface area contributed by atoms with Crippen molar-refractivity contribution in [3.8, 4) is 0 Å². The lowest BCUT2D eigenvalue weighted by atomic mass is 10.1. The third-order valence-electron chi connectivity index (χ3n) is 2.28. The lowest BCUT2D eigenvalue weighted by Gasteiger charge is -2.19. The molecule has 0 aliphatic rings. The van der Waals surface area contributed by atoms with Gasteiger partial charge >= 0.3 is 0 Å². The van der Waals surface area contributed by atoms with Gasteiger partial charge in [-0.2, -0.15) is 0 Å². The Kier molecular flexibility index (Phi) is 5.33. The van der Waals surface area contributed by atoms with Gasteiger partial charge in [-0.25, -0.2) is 9.19 Å². The first-order valence-electron chi connectivity index (χ1n) is 5.27. The number of nitrogens with zero attached hydrogens (tertiary/aromatic N) is 1. The molecule has 0 aromatic heterocycles. The monoisotopic (exact) mass is 269 g/mol. The number of Topliss-reactive ketones (excluding diaryl/α,β-unsaturated/α-hetero) is 1. The minimum absolute atomic E-state index is 0.0141. The van der Waals surface area contributed by atoms with Crippen LogP contribution in [0.25, 0.3) is 0 Å². The van der Waals surface area contributed by atoms with E-state index in [9.17, 15) is 9.59 Å². The van der Waals surface area contributed by atoms with E-state index in [1.165, 1.54) is 25.3 Å². The number of carbonyl (C=O) groups is 2. The molecule has 0 heterocycles. The summed E-state index contributed by atoms with van der Waals surface area (Å²) in [6, 6.07) is 5.12. The van der Waals surface area contributed by atoms with Crippen LogP contribution in [0.5, 0.6) is 0 Å². The Hall–Kier alpha value is -1.37. The normalized spacial score (nSPS) is 10.2. The minimum atomic E-state index is -0.198. The molecule has 98 valence electrons. The van der Waals surface area contributed by atoms with Gasteiger partial charge in [-0.1, -0.05) is 0 Å². The number of benzene rings is 1. The molecular formula is C12H15NO4S. The zero-order chi connectivity index (χ0) is 13.7. The summed E-state index contributed by atoms with van der Waals surface area (Å²) in [7, 11) is 1.36. The number of amides is 1. The van der Waals surface area contributed by atoms with Gasteiger partial charge in [-0.05, 0) is 37.6 Å². The smallest absolute Gasteiger partial charge is 0.235 e. The summed E-state index contributed by atoms with van der Waals surface area (Å²) in [5.74, 6) is -0.212. The van der Waals surface area contributed by atoms with Crippen LogP contribution in [0.3, 0.4) is 0 Å². The van der Waals surface area contributed by atoms with E-state index in [-0.39, 0.29) is 11.7 Å². The maximum absolute atomic E-state index is 11.5. The third-order valence-corrected chi connectivity index (χ3v) is 3.08. The molecule has 0 aliphatic heterocycles. The highest BCUT2D eigenvalue weighted by Crippen LogP contribution is 2.28. The molecule has 0 fully saturated rings. The molecule has 0 saturated carbocycles. The quantitative estimate of drug-likeness (QED) is 0.270. The molecule has 1 amide bonds. The van der Waals surface area contributed by atoms with Gasteiger partial charge < -0.3 is 0 Å². The number of anilines is 1. The van der Waals surface area contributed by atoms with E-state index in [0.29, 0.717) is 11.3 Å². The lowest BCUT2D eigenvalue weighted by molar-refractivity contribution is -0.160. The van der Waals surface area contributed by atoms with E-state index >= 15 is 0 Å². The number of hydrogen-bond acceptors (Lipinski definition) is 5. The molecule has 0 atom stereocenters. The Morgan fingerprint density at radius 3 is 2.39 bits per heavy atom. The lowest BCUT2D eigenvalue weighted by Crippen LogP contribution is -2.21. The Morgan fingerprint density at radius 1 is 1.28 bits per heavy atom. The molecule has 1 aromatic rings. The molecule has 6 heteroatoms. The van der Waals surface area contributed by atoms with Crippen molar-refractivity contribution in [3.63, 3.8) is 0 Å². The fraction of sp³-hybridized carbons (Fsp3) is 0.333. The van der Waals surface area contributed by atoms with Crippen molar-refractivity contribution in [2.45, 2.75) is 20.8 Å². The van der Waals surface area contributed by atoms with Gasteiger partial charge in [-0.15, -0.1) is 4.33 Å². The van der Waals surface area contributed by atoms with Crippen molar-refractivity contribution in [3.05, 3.63) is 29.3 Å². The predicted molar refractivity (Wildman–Crippen MR) is 70.0 cm³/mol. The summed E-state index contributed by atoms with van der Waals surface area (Å²) in [4.78, 5) is 27.2. The fourth-order valence-electron chi connectivity index (χ4n) is 1.43. The zero-order valence-corrected chi connectivity index (χ0v) is 11.5. The molecule has 0 spiro atoms. The van der Waals surface area contributed by atoms with Crippen molar-refractivity contribution in [2.75, 3.05) is 11.4 Å². The van der Waals surface area contributed by atoms with E-state index in [1.54, 1.807) is 18.2 Å². The summed E-state index contributed by atoms with van der Waals surface area (Å²) < 4.78 is 6.05. The second-order valence-corrected chi connectivity index (χ2v) is 4.33. The van der Waals surface area contributed by atoms with E-state index in [2.05, 4.69) is 4.89 Å². The van der Waals surface area contributed by atoms with Gasteiger partial charge in [0.15, 0.2) is 18.0 Å². The van der Waals surface area contributed by atoms with Crippen LogP contribution in [0.1, 0.15) is 29.8 Å². The van der Waals surface area contributed by atoms with Crippen molar-refractivity contribution < 1.29 is 18.8 Å². The number of carbonyl (C=O) groups excluding carboxylic acids is 2. The van der Waals surface area contributed by atoms with Crippen LogP contribution in [-0.2, 0) is 14.0 Å². The van der Waals surface area contributed by atoms with Crippen LogP contribution in [0.2, 0.25) is 0 Å². The average molecular weight is 269 g/mol. The van der Waals surface area contributed by atoms with Crippen LogP contribution < -0.4 is 4.31 Å². The molecule has 0 saturated heterocycles. The van der Waals surface area contributed by atoms with Crippen LogP contribution in [0.15, 0.2) is 18.2 Å². The number of hydrogen-bond donors (Lipinski definition) is 0. The Balaban J connectivity index is 3.05. The van der Waals surface area contributed by atoms with Gasteiger partial charge in [0.05, 0.1) is 12.8 Å². The Morgan fingerprint density at radius 2 is 1.94 bits per heavy atom. The molecular weight excluding hydrogens is 254 g/mol. The largest absolute Gasteiger partial charge is 0.295 e. The molecule has 0 N–H and O–H groups in total. The van der Waals surface area contributed by atoms with Crippen molar-refractivity contribution in [1.29, 1.82) is 0 Å². The van der Waals surface area contributed by atoms with Gasteiger partial charge in [0.25, 0.3) is 0 Å². The Labute approximate surface area is 110 Å². The van der Waals surface area contributed by atoms with Crippen molar-refractivity contribution >= 4 is 29.6 Å². The van der Waals surface area contributed by atoms with Crippen LogP contribution in [0.4, 0.5) is 5.69 Å². The highest BCUT2D eigenvalue weighted by Gasteiger charge is 2.17. The summed E-state index contributed by atoms with van der Waals surface area (Å²) in [6.45, 7) is 4.75. The van der Waals surface area contributed by atoms with Gasteiger partial charge in [0, 0.05) is 12.5 Å². The van der Waals surface area contributed by atoms with E-state index in [4.69, 9.17) is 4.33 Å². The molecule has 1 aromatic carbocycles. The molecule has 1 rings (SSSR count). The minimum Gasteiger partial charge on any atom is -0.295 e. The first-order chi connectivity index (χ1) is 8.47. The van der Waals surface area contributed by atoms with Gasteiger partial charge in [0.1, 0.15) is 0 Å². The predicted octanol–water partition coefficient (Wildman–Crippen LogP) is 2.69. The first kappa shape index (κ1) is 14.7. The van der Waals surface area contributed by atoms with E-state index in [1.807, 2.05) is 6.92 Å². The molecule has 0 unspecified atom stereocenters. The van der Waals surface area contributed by atoms with Crippen LogP contribution >= 0.6 is 12.2 Å². The maximum Gasteiger partial charge on any atom is 0.235 e.